The summed E-state index contributed by atoms with van der Waals surface area (Å²) in [6, 6.07) is 20.9. The number of carbonyl (C=O) groups excluding carboxylic acids is 1. The van der Waals surface area contributed by atoms with Gasteiger partial charge in [-0.15, -0.1) is 0 Å². The first-order chi connectivity index (χ1) is 18.0. The van der Waals surface area contributed by atoms with Crippen LogP contribution in [0.4, 0.5) is 4.39 Å². The normalized spacial score (nSPS) is 17.3. The number of amides is 1. The molecule has 0 aliphatic carbocycles. The van der Waals surface area contributed by atoms with Gasteiger partial charge >= 0.3 is 0 Å². The number of hydrogen-bond donors (Lipinski definition) is 1. The van der Waals surface area contributed by atoms with Gasteiger partial charge in [0, 0.05) is 18.3 Å². The zero-order valence-corrected chi connectivity index (χ0v) is 21.2. The van der Waals surface area contributed by atoms with E-state index < -0.39 is 6.04 Å². The number of benzene rings is 3. The number of carbonyl (C=O) groups is 1. The molecule has 1 aromatic heterocycles. The van der Waals surface area contributed by atoms with Crippen molar-refractivity contribution in [3.8, 4) is 11.1 Å². The standard InChI is InChI=1S/C31H31FN4O/c1-20-18-33-30(34-20)29(25-4-3-5-27(32)16-25)36-19-26-11-10-24(17-28(26)31(36)37)22-8-6-21(7-9-22)23-12-14-35(2)15-13-23/h3-11,16-18,23,29H,12-15,19H2,1-2H3,(H,33,34). The highest BCUT2D eigenvalue weighted by molar-refractivity contribution is 6.00. The second-order valence-electron chi connectivity index (χ2n) is 10.4. The molecule has 6 heteroatoms. The van der Waals surface area contributed by atoms with Gasteiger partial charge in [0.05, 0.1) is 5.69 Å². The number of hydrogen-bond acceptors (Lipinski definition) is 3. The van der Waals surface area contributed by atoms with Crippen LogP contribution in [0.3, 0.4) is 0 Å². The van der Waals surface area contributed by atoms with Gasteiger partial charge in [-0.1, -0.05) is 48.5 Å². The molecule has 1 saturated heterocycles. The zero-order chi connectivity index (χ0) is 25.5. The minimum atomic E-state index is -0.499. The highest BCUT2D eigenvalue weighted by atomic mass is 19.1. The molecule has 1 atom stereocenters. The van der Waals surface area contributed by atoms with Crippen molar-refractivity contribution < 1.29 is 9.18 Å². The summed E-state index contributed by atoms with van der Waals surface area (Å²) in [5.74, 6) is 0.850. The molecule has 1 amide bonds. The third kappa shape index (κ3) is 4.58. The number of rotatable bonds is 5. The maximum atomic E-state index is 14.2. The van der Waals surface area contributed by atoms with Crippen molar-refractivity contribution in [3.63, 3.8) is 0 Å². The lowest BCUT2D eigenvalue weighted by molar-refractivity contribution is 0.0725. The third-order valence-electron chi connectivity index (χ3n) is 7.84. The van der Waals surface area contributed by atoms with Gasteiger partial charge in [-0.2, -0.15) is 0 Å². The van der Waals surface area contributed by atoms with Crippen molar-refractivity contribution in [1.82, 2.24) is 19.8 Å². The van der Waals surface area contributed by atoms with E-state index in [4.69, 9.17) is 0 Å². The van der Waals surface area contributed by atoms with Gasteiger partial charge in [0.15, 0.2) is 0 Å². The molecule has 1 N–H and O–H groups in total. The molecule has 4 aromatic rings. The number of H-pyrrole nitrogens is 1. The fourth-order valence-electron chi connectivity index (χ4n) is 5.74. The SMILES string of the molecule is Cc1c[nH]c(C(c2cccc(F)c2)N2Cc3ccc(-c4ccc(C5CCN(C)CC5)cc4)cc3C2=O)n1. The molecule has 3 aromatic carbocycles. The van der Waals surface area contributed by atoms with Crippen LogP contribution in [0.5, 0.6) is 0 Å². The molecule has 5 nitrogen and oxygen atoms in total. The quantitative estimate of drug-likeness (QED) is 0.366. The Hall–Kier alpha value is -3.77. The van der Waals surface area contributed by atoms with Gasteiger partial charge < -0.3 is 14.8 Å². The van der Waals surface area contributed by atoms with Crippen molar-refractivity contribution in [2.75, 3.05) is 20.1 Å². The lowest BCUT2D eigenvalue weighted by Crippen LogP contribution is -2.30. The van der Waals surface area contributed by atoms with Crippen molar-refractivity contribution in [2.45, 2.75) is 38.3 Å². The number of aromatic nitrogens is 2. The number of likely N-dealkylation sites (tertiary alicyclic amines) is 1. The predicted molar refractivity (Wildman–Crippen MR) is 143 cm³/mol. The monoisotopic (exact) mass is 494 g/mol. The average Bonchev–Trinajstić information content (AvgIpc) is 3.48. The van der Waals surface area contributed by atoms with Crippen LogP contribution >= 0.6 is 0 Å². The summed E-state index contributed by atoms with van der Waals surface area (Å²) in [6.45, 7) is 4.63. The van der Waals surface area contributed by atoms with E-state index >= 15 is 0 Å². The molecule has 6 rings (SSSR count). The fourth-order valence-corrected chi connectivity index (χ4v) is 5.74. The molecule has 1 unspecified atom stereocenters. The summed E-state index contributed by atoms with van der Waals surface area (Å²) in [5.41, 5.74) is 6.72. The number of piperidine rings is 1. The summed E-state index contributed by atoms with van der Waals surface area (Å²) in [6.07, 6.45) is 4.20. The minimum Gasteiger partial charge on any atom is -0.346 e. The fraction of sp³-hybridized carbons (Fsp3) is 0.290. The Bertz CT molecular complexity index is 1440. The van der Waals surface area contributed by atoms with E-state index in [-0.39, 0.29) is 11.7 Å². The van der Waals surface area contributed by atoms with Crippen molar-refractivity contribution in [2.24, 2.45) is 0 Å². The summed E-state index contributed by atoms with van der Waals surface area (Å²) in [7, 11) is 2.19. The Morgan fingerprint density at radius 1 is 1.00 bits per heavy atom. The van der Waals surface area contributed by atoms with Crippen LogP contribution in [-0.2, 0) is 6.54 Å². The maximum Gasteiger partial charge on any atom is 0.255 e. The highest BCUT2D eigenvalue weighted by Crippen LogP contribution is 2.37. The van der Waals surface area contributed by atoms with E-state index in [2.05, 4.69) is 52.2 Å². The Morgan fingerprint density at radius 2 is 1.76 bits per heavy atom. The third-order valence-corrected chi connectivity index (χ3v) is 7.84. The van der Waals surface area contributed by atoms with Crippen LogP contribution < -0.4 is 0 Å². The Morgan fingerprint density at radius 3 is 2.46 bits per heavy atom. The molecule has 1 fully saturated rings. The highest BCUT2D eigenvalue weighted by Gasteiger charge is 2.36. The van der Waals surface area contributed by atoms with Gasteiger partial charge in [0.1, 0.15) is 17.7 Å². The van der Waals surface area contributed by atoms with Crippen LogP contribution in [0, 0.1) is 12.7 Å². The van der Waals surface area contributed by atoms with E-state index in [1.54, 1.807) is 11.0 Å². The van der Waals surface area contributed by atoms with Gasteiger partial charge in [-0.05, 0) is 91.8 Å². The molecule has 3 heterocycles. The zero-order valence-electron chi connectivity index (χ0n) is 21.2. The molecule has 0 saturated carbocycles. The molecule has 0 spiro atoms. The number of imidazole rings is 1. The molecular formula is C31H31FN4O. The number of nitrogens with zero attached hydrogens (tertiary/aromatic N) is 3. The van der Waals surface area contributed by atoms with E-state index in [1.165, 1.54) is 30.5 Å². The van der Waals surface area contributed by atoms with E-state index in [0.717, 1.165) is 35.5 Å². The van der Waals surface area contributed by atoms with Gasteiger partial charge in [-0.3, -0.25) is 4.79 Å². The first-order valence-electron chi connectivity index (χ1n) is 13.0. The predicted octanol–water partition coefficient (Wildman–Crippen LogP) is 6.08. The average molecular weight is 495 g/mol. The van der Waals surface area contributed by atoms with Crippen LogP contribution in [-0.4, -0.2) is 45.8 Å². The molecule has 188 valence electrons. The van der Waals surface area contributed by atoms with Crippen LogP contribution in [0.15, 0.2) is 72.9 Å². The molecule has 2 aliphatic heterocycles. The number of fused-ring (bicyclic) bond motifs is 1. The topological polar surface area (TPSA) is 52.2 Å². The van der Waals surface area contributed by atoms with Crippen LogP contribution in [0.2, 0.25) is 0 Å². The summed E-state index contributed by atoms with van der Waals surface area (Å²) in [5, 5.41) is 0. The van der Waals surface area contributed by atoms with E-state index in [1.807, 2.05) is 31.3 Å². The number of aromatic amines is 1. The number of halogens is 1. The Balaban J connectivity index is 1.28. The number of nitrogens with one attached hydrogen (secondary N) is 1. The van der Waals surface area contributed by atoms with Gasteiger partial charge in [0.2, 0.25) is 0 Å². The lowest BCUT2D eigenvalue weighted by atomic mass is 9.88. The Labute approximate surface area is 217 Å². The second-order valence-corrected chi connectivity index (χ2v) is 10.4. The largest absolute Gasteiger partial charge is 0.346 e. The van der Waals surface area contributed by atoms with Crippen molar-refractivity contribution in [1.29, 1.82) is 0 Å². The van der Waals surface area contributed by atoms with Crippen molar-refractivity contribution in [3.05, 3.63) is 113 Å². The maximum absolute atomic E-state index is 14.2. The molecule has 37 heavy (non-hydrogen) atoms. The molecular weight excluding hydrogens is 463 g/mol. The summed E-state index contributed by atoms with van der Waals surface area (Å²) >= 11 is 0. The van der Waals surface area contributed by atoms with Crippen LogP contribution in [0.1, 0.15) is 63.4 Å². The van der Waals surface area contributed by atoms with Gasteiger partial charge in [-0.25, -0.2) is 9.37 Å². The van der Waals surface area contributed by atoms with Crippen molar-refractivity contribution >= 4 is 5.91 Å². The van der Waals surface area contributed by atoms with E-state index in [9.17, 15) is 9.18 Å². The lowest BCUT2D eigenvalue weighted by Gasteiger charge is -2.29. The van der Waals surface area contributed by atoms with E-state index in [0.29, 0.717) is 29.4 Å². The van der Waals surface area contributed by atoms with Crippen LogP contribution in [0.25, 0.3) is 11.1 Å². The molecule has 0 bridgehead atoms. The second kappa shape index (κ2) is 9.60. The molecule has 0 radical (unpaired) electrons. The first kappa shape index (κ1) is 23.6. The summed E-state index contributed by atoms with van der Waals surface area (Å²) < 4.78 is 14.2. The van der Waals surface area contributed by atoms with Gasteiger partial charge in [0.25, 0.3) is 5.91 Å². The molecule has 2 aliphatic rings. The first-order valence-corrected chi connectivity index (χ1v) is 13.0. The smallest absolute Gasteiger partial charge is 0.255 e. The Kier molecular flexibility index (Phi) is 6.13. The minimum absolute atomic E-state index is 0.0666. The summed E-state index contributed by atoms with van der Waals surface area (Å²) in [4.78, 5) is 25.7. The number of aryl methyl sites for hydroxylation is 1.